The van der Waals surface area contributed by atoms with Gasteiger partial charge in [-0.25, -0.2) is 23.1 Å². The number of nitrogens with one attached hydrogen (secondary N) is 2. The first-order valence-corrected chi connectivity index (χ1v) is 13.3. The van der Waals surface area contributed by atoms with Crippen molar-refractivity contribution in [1.82, 2.24) is 19.5 Å². The van der Waals surface area contributed by atoms with Gasteiger partial charge in [-0.05, 0) is 50.7 Å². The summed E-state index contributed by atoms with van der Waals surface area (Å²) in [6, 6.07) is 2.04. The van der Waals surface area contributed by atoms with E-state index >= 15 is 0 Å². The van der Waals surface area contributed by atoms with Crippen molar-refractivity contribution in [3.63, 3.8) is 0 Å². The molecule has 2 heterocycles. The predicted octanol–water partition coefficient (Wildman–Crippen LogP) is 6.61. The number of aromatic nitrogens is 4. The maximum Gasteiger partial charge on any atom is 0.248 e. The quantitative estimate of drug-likeness (QED) is 0.308. The van der Waals surface area contributed by atoms with Crippen molar-refractivity contribution in [2.45, 2.75) is 76.3 Å². The summed E-state index contributed by atoms with van der Waals surface area (Å²) in [6.07, 6.45) is 4.26. The van der Waals surface area contributed by atoms with Gasteiger partial charge in [-0.2, -0.15) is 4.98 Å². The highest BCUT2D eigenvalue weighted by atomic mass is 35.5. The number of carbonyl (C=O) groups excluding carboxylic acids is 1. The largest absolute Gasteiger partial charge is 0.369 e. The molecule has 38 heavy (non-hydrogen) atoms. The number of fused-ring (bicyclic) bond motifs is 1. The number of hydrogen-bond donors (Lipinski definition) is 3. The van der Waals surface area contributed by atoms with E-state index in [4.69, 9.17) is 33.9 Å². The molecule has 2 aliphatic rings. The Kier molecular flexibility index (Phi) is 7.10. The number of nitrogens with two attached hydrogens (primary N) is 1. The van der Waals surface area contributed by atoms with E-state index in [0.29, 0.717) is 67.3 Å². The third-order valence-corrected chi connectivity index (χ3v) is 8.34. The lowest BCUT2D eigenvalue weighted by Gasteiger charge is -2.35. The maximum atomic E-state index is 13.8. The number of amides is 1. The summed E-state index contributed by atoms with van der Waals surface area (Å²) >= 11 is 12.6. The first-order valence-electron chi connectivity index (χ1n) is 12.5. The lowest BCUT2D eigenvalue weighted by atomic mass is 9.73. The number of halogens is 5. The molecule has 5 rings (SSSR count). The minimum atomic E-state index is -2.63. The van der Waals surface area contributed by atoms with Crippen molar-refractivity contribution in [2.75, 3.05) is 10.6 Å². The smallest absolute Gasteiger partial charge is 0.248 e. The molecule has 2 fully saturated rings. The maximum absolute atomic E-state index is 13.8. The highest BCUT2D eigenvalue weighted by molar-refractivity contribution is 6.39. The summed E-state index contributed by atoms with van der Waals surface area (Å²) in [4.78, 5) is 25.8. The van der Waals surface area contributed by atoms with Gasteiger partial charge >= 0.3 is 0 Å². The molecule has 1 aromatic carbocycles. The van der Waals surface area contributed by atoms with Gasteiger partial charge in [0.2, 0.25) is 23.7 Å². The van der Waals surface area contributed by atoms with Gasteiger partial charge in [-0.15, -0.1) is 0 Å². The molecule has 0 saturated heterocycles. The molecule has 4 N–H and O–H groups in total. The Morgan fingerprint density at radius 2 is 1.71 bits per heavy atom. The molecular formula is C25H28Cl2F3N7O. The fourth-order valence-electron chi connectivity index (χ4n) is 5.28. The number of imidazole rings is 1. The SMILES string of the molecule is C[C@]1(C(N)=O)CC[C@@H](n2c(Nc3c(Cl)cc(F)cc3Cl)nc3cnc(NC4CCC(F)(F)CC4)nc32)CC1. The Morgan fingerprint density at radius 3 is 2.32 bits per heavy atom. The van der Waals surface area contributed by atoms with Gasteiger partial charge in [0.1, 0.15) is 11.3 Å². The van der Waals surface area contributed by atoms with Gasteiger partial charge in [0, 0.05) is 30.3 Å². The third-order valence-electron chi connectivity index (χ3n) is 7.75. The fraction of sp³-hybridized carbons (Fsp3) is 0.520. The number of nitrogens with zero attached hydrogens (tertiary/aromatic N) is 4. The highest BCUT2D eigenvalue weighted by Crippen LogP contribution is 2.44. The van der Waals surface area contributed by atoms with Gasteiger partial charge < -0.3 is 16.4 Å². The van der Waals surface area contributed by atoms with E-state index < -0.39 is 17.2 Å². The molecule has 2 saturated carbocycles. The fourth-order valence-corrected chi connectivity index (χ4v) is 5.83. The molecule has 1 amide bonds. The second-order valence-corrected chi connectivity index (χ2v) is 11.3. The van der Waals surface area contributed by atoms with Crippen LogP contribution >= 0.6 is 23.2 Å². The zero-order chi connectivity index (χ0) is 27.2. The van der Waals surface area contributed by atoms with E-state index in [9.17, 15) is 18.0 Å². The molecule has 8 nitrogen and oxygen atoms in total. The molecule has 3 aromatic rings. The number of alkyl halides is 2. The molecule has 0 atom stereocenters. The Hall–Kier alpha value is -2.79. The van der Waals surface area contributed by atoms with Crippen LogP contribution in [-0.4, -0.2) is 37.4 Å². The average Bonchev–Trinajstić information content (AvgIpc) is 3.20. The molecule has 0 aliphatic heterocycles. The molecule has 0 radical (unpaired) electrons. The average molecular weight is 570 g/mol. The highest BCUT2D eigenvalue weighted by Gasteiger charge is 2.38. The van der Waals surface area contributed by atoms with Crippen molar-refractivity contribution >= 4 is 57.9 Å². The Morgan fingerprint density at radius 1 is 1.08 bits per heavy atom. The van der Waals surface area contributed by atoms with Crippen LogP contribution in [0.15, 0.2) is 18.3 Å². The van der Waals surface area contributed by atoms with Gasteiger partial charge in [-0.1, -0.05) is 30.1 Å². The second kappa shape index (κ2) is 10.1. The minimum absolute atomic E-state index is 0.0843. The van der Waals surface area contributed by atoms with E-state index in [1.165, 1.54) is 0 Å². The zero-order valence-corrected chi connectivity index (χ0v) is 22.2. The molecule has 2 aromatic heterocycles. The van der Waals surface area contributed by atoms with Gasteiger partial charge in [0.25, 0.3) is 0 Å². The van der Waals surface area contributed by atoms with Crippen LogP contribution in [0.1, 0.15) is 64.3 Å². The Bertz CT molecular complexity index is 1340. The minimum Gasteiger partial charge on any atom is -0.369 e. The monoisotopic (exact) mass is 569 g/mol. The first kappa shape index (κ1) is 26.8. The first-order chi connectivity index (χ1) is 17.9. The second-order valence-electron chi connectivity index (χ2n) is 10.5. The number of primary amides is 1. The third kappa shape index (κ3) is 5.36. The number of anilines is 3. The molecular weight excluding hydrogens is 542 g/mol. The number of benzene rings is 1. The van der Waals surface area contributed by atoms with E-state index in [-0.39, 0.29) is 40.9 Å². The summed E-state index contributed by atoms with van der Waals surface area (Å²) in [6.45, 7) is 1.87. The van der Waals surface area contributed by atoms with E-state index in [1.807, 2.05) is 11.5 Å². The van der Waals surface area contributed by atoms with Crippen LogP contribution in [0.25, 0.3) is 11.2 Å². The summed E-state index contributed by atoms with van der Waals surface area (Å²) in [5, 5.41) is 6.49. The van der Waals surface area contributed by atoms with Crippen LogP contribution < -0.4 is 16.4 Å². The van der Waals surface area contributed by atoms with Crippen molar-refractivity contribution in [2.24, 2.45) is 11.1 Å². The predicted molar refractivity (Wildman–Crippen MR) is 141 cm³/mol. The van der Waals surface area contributed by atoms with Crippen LogP contribution in [0.5, 0.6) is 0 Å². The summed E-state index contributed by atoms with van der Waals surface area (Å²) in [5.74, 6) is -2.84. The van der Waals surface area contributed by atoms with Crippen molar-refractivity contribution < 1.29 is 18.0 Å². The number of hydrogen-bond acceptors (Lipinski definition) is 6. The molecule has 0 bridgehead atoms. The van der Waals surface area contributed by atoms with Crippen LogP contribution in [0, 0.1) is 11.2 Å². The topological polar surface area (TPSA) is 111 Å². The van der Waals surface area contributed by atoms with Crippen molar-refractivity contribution in [1.29, 1.82) is 0 Å². The molecule has 13 heteroatoms. The Balaban J connectivity index is 1.50. The van der Waals surface area contributed by atoms with Crippen LogP contribution in [0.4, 0.5) is 30.8 Å². The van der Waals surface area contributed by atoms with Gasteiger partial charge in [0.15, 0.2) is 5.65 Å². The summed E-state index contributed by atoms with van der Waals surface area (Å²) in [5.41, 5.74) is 6.35. The van der Waals surface area contributed by atoms with E-state index in [1.54, 1.807) is 6.20 Å². The van der Waals surface area contributed by atoms with Crippen LogP contribution in [0.2, 0.25) is 10.0 Å². The summed E-state index contributed by atoms with van der Waals surface area (Å²) in [7, 11) is 0. The number of carbonyl (C=O) groups is 1. The normalized spacial score (nSPS) is 23.9. The molecule has 204 valence electrons. The van der Waals surface area contributed by atoms with E-state index in [0.717, 1.165) is 12.1 Å². The molecule has 2 aliphatic carbocycles. The zero-order valence-electron chi connectivity index (χ0n) is 20.7. The van der Waals surface area contributed by atoms with Gasteiger partial charge in [-0.3, -0.25) is 9.36 Å². The van der Waals surface area contributed by atoms with Crippen molar-refractivity contribution in [3.05, 3.63) is 34.2 Å². The standard InChI is InChI=1S/C25H28Cl2F3N7O/c1-24(21(31)38)6-4-15(5-7-24)37-20-18(34-23(37)35-19-16(26)10-13(28)11-17(19)27)12-32-22(36-20)33-14-2-8-25(29,30)9-3-14/h10-12,14-15H,2-9H2,1H3,(H2,31,38)(H,34,35)(H,32,33,36)/t15-,24+. The van der Waals surface area contributed by atoms with Crippen LogP contribution in [0.3, 0.4) is 0 Å². The molecule has 0 unspecified atom stereocenters. The lowest BCUT2D eigenvalue weighted by molar-refractivity contribution is -0.128. The number of rotatable bonds is 6. The molecule has 0 spiro atoms. The van der Waals surface area contributed by atoms with Crippen LogP contribution in [-0.2, 0) is 4.79 Å². The lowest BCUT2D eigenvalue weighted by Crippen LogP contribution is -2.38. The Labute approximate surface area is 227 Å². The van der Waals surface area contributed by atoms with E-state index in [2.05, 4.69) is 20.6 Å². The van der Waals surface area contributed by atoms with Gasteiger partial charge in [0.05, 0.1) is 21.9 Å². The summed E-state index contributed by atoms with van der Waals surface area (Å²) < 4.78 is 42.9. The van der Waals surface area contributed by atoms with Crippen molar-refractivity contribution in [3.8, 4) is 0 Å².